The lowest BCUT2D eigenvalue weighted by atomic mass is 10.1. The Labute approximate surface area is 107 Å². The van der Waals surface area contributed by atoms with Crippen molar-refractivity contribution in [2.45, 2.75) is 30.2 Å². The fourth-order valence-corrected chi connectivity index (χ4v) is 3.21. The van der Waals surface area contributed by atoms with Crippen LogP contribution in [0.15, 0.2) is 23.2 Å². The summed E-state index contributed by atoms with van der Waals surface area (Å²) in [6, 6.07) is 3.26. The van der Waals surface area contributed by atoms with E-state index in [1.807, 2.05) is 0 Å². The number of hydrogen-bond donors (Lipinski definition) is 2. The molecule has 2 N–H and O–H groups in total. The van der Waals surface area contributed by atoms with Gasteiger partial charge in [-0.2, -0.15) is 0 Å². The molecule has 0 aliphatic heterocycles. The van der Waals surface area contributed by atoms with Gasteiger partial charge in [-0.3, -0.25) is 0 Å². The first-order chi connectivity index (χ1) is 8.52. The summed E-state index contributed by atoms with van der Waals surface area (Å²) in [4.78, 5) is 4.32. The van der Waals surface area contributed by atoms with Gasteiger partial charge in [-0.25, -0.2) is 13.4 Å². The molecule has 1 heterocycles. The third kappa shape index (κ3) is 2.81. The summed E-state index contributed by atoms with van der Waals surface area (Å²) >= 11 is 0. The molecule has 2 rings (SSSR count). The average Bonchev–Trinajstić information content (AvgIpc) is 2.75. The Hall–Kier alpha value is -1.14. The molecule has 0 bridgehead atoms. The van der Waals surface area contributed by atoms with Crippen LogP contribution in [0.1, 0.15) is 19.3 Å². The van der Waals surface area contributed by atoms with Gasteiger partial charge < -0.3 is 10.4 Å². The predicted molar refractivity (Wildman–Crippen MR) is 69.2 cm³/mol. The number of nitrogens with zero attached hydrogens (tertiary/aromatic N) is 1. The summed E-state index contributed by atoms with van der Waals surface area (Å²) in [6.45, 7) is 0.124. The van der Waals surface area contributed by atoms with Crippen LogP contribution < -0.4 is 5.32 Å². The largest absolute Gasteiger partial charge is 0.396 e. The van der Waals surface area contributed by atoms with E-state index in [0.29, 0.717) is 5.82 Å². The van der Waals surface area contributed by atoms with Crippen LogP contribution in [0, 0.1) is 5.92 Å². The first kappa shape index (κ1) is 13.3. The van der Waals surface area contributed by atoms with Gasteiger partial charge in [0, 0.05) is 31.0 Å². The molecule has 6 heteroatoms. The second-order valence-corrected chi connectivity index (χ2v) is 6.73. The molecule has 1 aromatic heterocycles. The highest BCUT2D eigenvalue weighted by Crippen LogP contribution is 2.29. The molecule has 5 nitrogen and oxygen atoms in total. The average molecular weight is 270 g/mol. The van der Waals surface area contributed by atoms with Crippen molar-refractivity contribution in [2.24, 2.45) is 5.92 Å². The maximum absolute atomic E-state index is 11.6. The molecular weight excluding hydrogens is 252 g/mol. The van der Waals surface area contributed by atoms with E-state index in [0.717, 1.165) is 19.3 Å². The molecule has 2 atom stereocenters. The number of sulfone groups is 1. The van der Waals surface area contributed by atoms with Crippen molar-refractivity contribution in [2.75, 3.05) is 18.2 Å². The zero-order valence-corrected chi connectivity index (χ0v) is 11.2. The van der Waals surface area contributed by atoms with E-state index < -0.39 is 9.84 Å². The number of rotatable bonds is 4. The predicted octanol–water partition coefficient (Wildman–Crippen LogP) is 1.06. The Kier molecular flexibility index (Phi) is 3.87. The first-order valence-electron chi connectivity index (χ1n) is 6.05. The van der Waals surface area contributed by atoms with E-state index in [1.54, 1.807) is 18.3 Å². The van der Waals surface area contributed by atoms with Crippen molar-refractivity contribution in [3.05, 3.63) is 18.3 Å². The molecule has 1 fully saturated rings. The molecule has 0 amide bonds. The standard InChI is InChI=1S/C12H18N2O3S/c1-18(16,17)11-6-3-7-13-12(11)14-10-5-2-4-9(10)8-15/h3,6-7,9-10,15H,2,4-5,8H2,1H3,(H,13,14). The minimum atomic E-state index is -3.29. The normalized spacial score (nSPS) is 24.1. The lowest BCUT2D eigenvalue weighted by Crippen LogP contribution is -2.27. The molecule has 1 saturated carbocycles. The summed E-state index contributed by atoms with van der Waals surface area (Å²) in [5, 5.41) is 12.4. The fraction of sp³-hybridized carbons (Fsp3) is 0.583. The molecule has 2 unspecified atom stereocenters. The molecule has 1 aromatic rings. The van der Waals surface area contributed by atoms with Crippen LogP contribution in [0.4, 0.5) is 5.82 Å². The number of nitrogens with one attached hydrogen (secondary N) is 1. The van der Waals surface area contributed by atoms with Crippen LogP contribution in [-0.4, -0.2) is 37.4 Å². The van der Waals surface area contributed by atoms with Crippen LogP contribution in [0.25, 0.3) is 0 Å². The van der Waals surface area contributed by atoms with Gasteiger partial charge >= 0.3 is 0 Å². The van der Waals surface area contributed by atoms with Crippen molar-refractivity contribution in [3.63, 3.8) is 0 Å². The van der Waals surface area contributed by atoms with E-state index in [-0.39, 0.29) is 23.5 Å². The summed E-state index contributed by atoms with van der Waals surface area (Å²) in [6.07, 6.45) is 5.69. The van der Waals surface area contributed by atoms with Gasteiger partial charge in [-0.05, 0) is 25.0 Å². The van der Waals surface area contributed by atoms with Gasteiger partial charge in [0.05, 0.1) is 0 Å². The number of anilines is 1. The lowest BCUT2D eigenvalue weighted by molar-refractivity contribution is 0.222. The molecule has 1 aliphatic carbocycles. The maximum atomic E-state index is 11.6. The molecule has 0 radical (unpaired) electrons. The van der Waals surface area contributed by atoms with Gasteiger partial charge in [0.2, 0.25) is 0 Å². The monoisotopic (exact) mass is 270 g/mol. The number of aliphatic hydroxyl groups is 1. The second kappa shape index (κ2) is 5.24. The number of aromatic nitrogens is 1. The van der Waals surface area contributed by atoms with Crippen LogP contribution in [0.5, 0.6) is 0 Å². The quantitative estimate of drug-likeness (QED) is 0.855. The molecule has 18 heavy (non-hydrogen) atoms. The Morgan fingerprint density at radius 1 is 1.50 bits per heavy atom. The fourth-order valence-electron chi connectivity index (χ4n) is 2.42. The van der Waals surface area contributed by atoms with Crippen molar-refractivity contribution >= 4 is 15.7 Å². The van der Waals surface area contributed by atoms with Crippen molar-refractivity contribution in [3.8, 4) is 0 Å². The summed E-state index contributed by atoms with van der Waals surface area (Å²) in [5.41, 5.74) is 0. The van der Waals surface area contributed by atoms with Crippen LogP contribution >= 0.6 is 0 Å². The van der Waals surface area contributed by atoms with Crippen LogP contribution in [0.2, 0.25) is 0 Å². The Balaban J connectivity index is 2.24. The van der Waals surface area contributed by atoms with E-state index in [2.05, 4.69) is 10.3 Å². The van der Waals surface area contributed by atoms with E-state index in [4.69, 9.17) is 0 Å². The van der Waals surface area contributed by atoms with Gasteiger partial charge in [-0.15, -0.1) is 0 Å². The van der Waals surface area contributed by atoms with E-state index >= 15 is 0 Å². The van der Waals surface area contributed by atoms with Crippen LogP contribution in [0.3, 0.4) is 0 Å². The smallest absolute Gasteiger partial charge is 0.179 e. The highest BCUT2D eigenvalue weighted by Gasteiger charge is 2.28. The van der Waals surface area contributed by atoms with Crippen molar-refractivity contribution < 1.29 is 13.5 Å². The van der Waals surface area contributed by atoms with Gasteiger partial charge in [0.1, 0.15) is 10.7 Å². The number of pyridine rings is 1. The van der Waals surface area contributed by atoms with Gasteiger partial charge in [0.25, 0.3) is 0 Å². The summed E-state index contributed by atoms with van der Waals surface area (Å²) < 4.78 is 23.3. The zero-order valence-electron chi connectivity index (χ0n) is 10.3. The second-order valence-electron chi connectivity index (χ2n) is 4.75. The lowest BCUT2D eigenvalue weighted by Gasteiger charge is -2.20. The van der Waals surface area contributed by atoms with Crippen LogP contribution in [-0.2, 0) is 9.84 Å². The molecular formula is C12H18N2O3S. The van der Waals surface area contributed by atoms with E-state index in [9.17, 15) is 13.5 Å². The number of aliphatic hydroxyl groups excluding tert-OH is 1. The Morgan fingerprint density at radius 2 is 2.28 bits per heavy atom. The first-order valence-corrected chi connectivity index (χ1v) is 7.94. The highest BCUT2D eigenvalue weighted by molar-refractivity contribution is 7.90. The molecule has 0 spiro atoms. The van der Waals surface area contributed by atoms with Gasteiger partial charge in [0.15, 0.2) is 9.84 Å². The van der Waals surface area contributed by atoms with Crippen molar-refractivity contribution in [1.29, 1.82) is 0 Å². The molecule has 0 aromatic carbocycles. The molecule has 0 saturated heterocycles. The summed E-state index contributed by atoms with van der Waals surface area (Å²) in [5.74, 6) is 0.574. The molecule has 1 aliphatic rings. The topological polar surface area (TPSA) is 79.3 Å². The zero-order chi connectivity index (χ0) is 13.2. The Morgan fingerprint density at radius 3 is 2.94 bits per heavy atom. The minimum absolute atomic E-state index is 0.102. The van der Waals surface area contributed by atoms with Crippen molar-refractivity contribution in [1.82, 2.24) is 4.98 Å². The van der Waals surface area contributed by atoms with E-state index in [1.165, 1.54) is 6.26 Å². The summed E-state index contributed by atoms with van der Waals surface area (Å²) in [7, 11) is -3.29. The molecule has 100 valence electrons. The third-order valence-corrected chi connectivity index (χ3v) is 4.51. The Bertz CT molecular complexity index is 516. The number of hydrogen-bond acceptors (Lipinski definition) is 5. The SMILES string of the molecule is CS(=O)(=O)c1cccnc1NC1CCCC1CO. The maximum Gasteiger partial charge on any atom is 0.179 e. The highest BCUT2D eigenvalue weighted by atomic mass is 32.2. The third-order valence-electron chi connectivity index (χ3n) is 3.39. The minimum Gasteiger partial charge on any atom is -0.396 e. The van der Waals surface area contributed by atoms with Gasteiger partial charge in [-0.1, -0.05) is 6.42 Å².